The van der Waals surface area contributed by atoms with Gasteiger partial charge in [-0.25, -0.2) is 0 Å². The zero-order chi connectivity index (χ0) is 10.5. The quantitative estimate of drug-likeness (QED) is 0.573. The van der Waals surface area contributed by atoms with Crippen LogP contribution in [0, 0.1) is 11.3 Å². The Labute approximate surface area is 91.4 Å². The maximum absolute atomic E-state index is 12.0. The molecule has 2 spiro atoms. The van der Waals surface area contributed by atoms with Crippen molar-refractivity contribution in [3.05, 3.63) is 0 Å². The van der Waals surface area contributed by atoms with E-state index >= 15 is 0 Å². The monoisotopic (exact) mass is 208 g/mol. The second-order valence-electron chi connectivity index (χ2n) is 5.71. The lowest BCUT2D eigenvalue weighted by Crippen LogP contribution is -2.40. The van der Waals surface area contributed by atoms with Gasteiger partial charge in [0.25, 0.3) is 0 Å². The maximum atomic E-state index is 12.0. The highest BCUT2D eigenvalue weighted by molar-refractivity contribution is 5.93. The van der Waals surface area contributed by atoms with Gasteiger partial charge in [0.2, 0.25) is 0 Å². The first-order chi connectivity index (χ1) is 7.21. The van der Waals surface area contributed by atoms with Crippen LogP contribution in [0.15, 0.2) is 0 Å². The van der Waals surface area contributed by atoms with E-state index < -0.39 is 0 Å². The molecule has 3 aliphatic rings. The summed E-state index contributed by atoms with van der Waals surface area (Å²) < 4.78 is 5.64. The largest absolute Gasteiger partial charge is 0.361 e. The number of fused-ring (bicyclic) bond motifs is 1. The van der Waals surface area contributed by atoms with Crippen LogP contribution in [0.1, 0.15) is 51.9 Å². The van der Waals surface area contributed by atoms with Gasteiger partial charge >= 0.3 is 0 Å². The number of hydrogen-bond donors (Lipinski definition) is 0. The Bertz CT molecular complexity index is 283. The van der Waals surface area contributed by atoms with Gasteiger partial charge < -0.3 is 4.74 Å². The van der Waals surface area contributed by atoms with Crippen molar-refractivity contribution in [3.63, 3.8) is 0 Å². The van der Waals surface area contributed by atoms with Crippen molar-refractivity contribution in [2.24, 2.45) is 11.3 Å². The minimum absolute atomic E-state index is 0.223. The van der Waals surface area contributed by atoms with E-state index in [-0.39, 0.29) is 11.0 Å². The Kier molecular flexibility index (Phi) is 2.01. The summed E-state index contributed by atoms with van der Waals surface area (Å²) in [6.07, 6.45) is 8.49. The molecule has 2 atom stereocenters. The minimum Gasteiger partial charge on any atom is -0.361 e. The molecule has 0 bridgehead atoms. The lowest BCUT2D eigenvalue weighted by atomic mass is 9.67. The third-order valence-electron chi connectivity index (χ3n) is 5.12. The Balaban J connectivity index is 1.96. The third kappa shape index (κ3) is 1.12. The standard InChI is InChI=1S/C13H20O2/c1-10-8-11(14)13(9-15-13)12(10)6-4-2-3-5-7-12/h10H,2-9H2,1H3/t10-,13+/m0/s1. The molecule has 1 saturated heterocycles. The van der Waals surface area contributed by atoms with E-state index in [4.69, 9.17) is 4.74 Å². The van der Waals surface area contributed by atoms with E-state index in [0.29, 0.717) is 11.7 Å². The van der Waals surface area contributed by atoms with Crippen LogP contribution in [0.4, 0.5) is 0 Å². The van der Waals surface area contributed by atoms with E-state index in [1.807, 2.05) is 0 Å². The third-order valence-corrected chi connectivity index (χ3v) is 5.12. The van der Waals surface area contributed by atoms with Crippen LogP contribution < -0.4 is 0 Å². The van der Waals surface area contributed by atoms with Crippen molar-refractivity contribution in [2.75, 3.05) is 6.61 Å². The van der Waals surface area contributed by atoms with Gasteiger partial charge in [0, 0.05) is 11.8 Å². The van der Waals surface area contributed by atoms with Crippen LogP contribution in [-0.2, 0) is 9.53 Å². The number of hydrogen-bond acceptors (Lipinski definition) is 2. The van der Waals surface area contributed by atoms with Crippen molar-refractivity contribution in [3.8, 4) is 0 Å². The van der Waals surface area contributed by atoms with Crippen molar-refractivity contribution < 1.29 is 9.53 Å². The number of epoxide rings is 1. The zero-order valence-electron chi connectivity index (χ0n) is 9.55. The van der Waals surface area contributed by atoms with E-state index in [1.165, 1.54) is 38.5 Å². The predicted molar refractivity (Wildman–Crippen MR) is 57.6 cm³/mol. The van der Waals surface area contributed by atoms with E-state index in [2.05, 4.69) is 6.92 Å². The van der Waals surface area contributed by atoms with Crippen molar-refractivity contribution in [1.29, 1.82) is 0 Å². The molecule has 0 aromatic carbocycles. The fourth-order valence-corrected chi connectivity index (χ4v) is 4.09. The molecule has 3 rings (SSSR count). The summed E-state index contributed by atoms with van der Waals surface area (Å²) in [5.41, 5.74) is -0.0860. The van der Waals surface area contributed by atoms with Crippen LogP contribution >= 0.6 is 0 Å². The van der Waals surface area contributed by atoms with Crippen LogP contribution in [0.2, 0.25) is 0 Å². The van der Waals surface area contributed by atoms with E-state index in [9.17, 15) is 4.79 Å². The molecule has 15 heavy (non-hydrogen) atoms. The molecule has 0 unspecified atom stereocenters. The molecular weight excluding hydrogens is 188 g/mol. The van der Waals surface area contributed by atoms with Crippen LogP contribution in [0.3, 0.4) is 0 Å². The van der Waals surface area contributed by atoms with Crippen LogP contribution in [0.25, 0.3) is 0 Å². The Hall–Kier alpha value is -0.370. The molecule has 0 aromatic heterocycles. The Morgan fingerprint density at radius 3 is 2.33 bits per heavy atom. The van der Waals surface area contributed by atoms with Crippen LogP contribution in [-0.4, -0.2) is 18.0 Å². The smallest absolute Gasteiger partial charge is 0.167 e. The lowest BCUT2D eigenvalue weighted by molar-refractivity contribution is -0.124. The molecule has 1 aliphatic heterocycles. The first-order valence-corrected chi connectivity index (χ1v) is 6.39. The predicted octanol–water partition coefficient (Wildman–Crippen LogP) is 2.70. The van der Waals surface area contributed by atoms with Gasteiger partial charge in [0.1, 0.15) is 0 Å². The molecular formula is C13H20O2. The molecule has 2 aliphatic carbocycles. The number of ether oxygens (including phenoxy) is 1. The number of carbonyl (C=O) groups excluding carboxylic acids is 1. The second-order valence-corrected chi connectivity index (χ2v) is 5.71. The maximum Gasteiger partial charge on any atom is 0.167 e. The van der Waals surface area contributed by atoms with Gasteiger partial charge in [0.15, 0.2) is 11.4 Å². The van der Waals surface area contributed by atoms with Gasteiger partial charge in [-0.3, -0.25) is 4.79 Å². The fourth-order valence-electron chi connectivity index (χ4n) is 4.09. The first-order valence-electron chi connectivity index (χ1n) is 6.39. The summed E-state index contributed by atoms with van der Waals surface area (Å²) in [5.74, 6) is 0.947. The Morgan fingerprint density at radius 1 is 1.20 bits per heavy atom. The molecule has 0 N–H and O–H groups in total. The minimum atomic E-state index is -0.309. The van der Waals surface area contributed by atoms with Crippen molar-refractivity contribution in [2.45, 2.75) is 57.5 Å². The van der Waals surface area contributed by atoms with Gasteiger partial charge in [0.05, 0.1) is 6.61 Å². The highest BCUT2D eigenvalue weighted by atomic mass is 16.6. The molecule has 0 amide bonds. The van der Waals surface area contributed by atoms with E-state index in [0.717, 1.165) is 13.0 Å². The molecule has 2 nitrogen and oxygen atoms in total. The molecule has 1 heterocycles. The average Bonchev–Trinajstić information content (AvgIpc) is 3.00. The number of ketones is 1. The van der Waals surface area contributed by atoms with Crippen LogP contribution in [0.5, 0.6) is 0 Å². The number of carbonyl (C=O) groups is 1. The summed E-state index contributed by atoms with van der Waals surface area (Å²) in [6, 6.07) is 0. The molecule has 0 aromatic rings. The summed E-state index contributed by atoms with van der Waals surface area (Å²) in [7, 11) is 0. The van der Waals surface area contributed by atoms with Gasteiger partial charge in [-0.05, 0) is 18.8 Å². The van der Waals surface area contributed by atoms with Crippen molar-refractivity contribution >= 4 is 5.78 Å². The van der Waals surface area contributed by atoms with Crippen molar-refractivity contribution in [1.82, 2.24) is 0 Å². The van der Waals surface area contributed by atoms with Gasteiger partial charge in [-0.15, -0.1) is 0 Å². The molecule has 0 radical (unpaired) electrons. The molecule has 2 heteroatoms. The SMILES string of the molecule is C[C@H]1CC(=O)[C@]2(CO2)C12CCCCCC2. The topological polar surface area (TPSA) is 29.6 Å². The highest BCUT2D eigenvalue weighted by Gasteiger charge is 2.71. The molecule has 2 saturated carbocycles. The fraction of sp³-hybridized carbons (Fsp3) is 0.923. The first kappa shape index (κ1) is 9.83. The summed E-state index contributed by atoms with van der Waals surface area (Å²) in [6.45, 7) is 2.98. The summed E-state index contributed by atoms with van der Waals surface area (Å²) in [4.78, 5) is 12.0. The lowest BCUT2D eigenvalue weighted by Gasteiger charge is -2.35. The van der Waals surface area contributed by atoms with Gasteiger partial charge in [-0.1, -0.05) is 32.6 Å². The highest BCUT2D eigenvalue weighted by Crippen LogP contribution is 2.62. The molecule has 84 valence electrons. The average molecular weight is 208 g/mol. The Morgan fingerprint density at radius 2 is 1.80 bits per heavy atom. The summed E-state index contributed by atoms with van der Waals surface area (Å²) >= 11 is 0. The number of Topliss-reactive ketones (excluding diaryl/α,β-unsaturated/α-hetero) is 1. The van der Waals surface area contributed by atoms with E-state index in [1.54, 1.807) is 0 Å². The normalized spacial score (nSPS) is 43.5. The number of rotatable bonds is 0. The second kappa shape index (κ2) is 3.07. The summed E-state index contributed by atoms with van der Waals surface area (Å²) in [5, 5.41) is 0. The van der Waals surface area contributed by atoms with Gasteiger partial charge in [-0.2, -0.15) is 0 Å². The zero-order valence-corrected chi connectivity index (χ0v) is 9.55. The molecule has 3 fully saturated rings.